The Morgan fingerprint density at radius 1 is 1.27 bits per heavy atom. The van der Waals surface area contributed by atoms with Gasteiger partial charge in [-0.3, -0.25) is 9.78 Å². The van der Waals surface area contributed by atoms with E-state index in [1.807, 2.05) is 19.9 Å². The first kappa shape index (κ1) is 14.4. The second-order valence-electron chi connectivity index (χ2n) is 6.24. The standard InChI is InChI=1S/C18H15FN2O/c1-18(2)6-5-16-14(17(18)22)3-4-15(21-16)12-7-11(10-20)8-13(19)9-12/h3-4,7-9H,5-6H2,1-2H3. The van der Waals surface area contributed by atoms with Gasteiger partial charge in [0.15, 0.2) is 5.78 Å². The van der Waals surface area contributed by atoms with E-state index in [1.54, 1.807) is 18.2 Å². The fourth-order valence-corrected chi connectivity index (χ4v) is 2.77. The Labute approximate surface area is 128 Å². The third-order valence-corrected chi connectivity index (χ3v) is 4.14. The number of fused-ring (bicyclic) bond motifs is 1. The molecule has 3 rings (SSSR count). The summed E-state index contributed by atoms with van der Waals surface area (Å²) in [6, 6.07) is 9.56. The van der Waals surface area contributed by atoms with E-state index in [4.69, 9.17) is 5.26 Å². The first-order valence-electron chi connectivity index (χ1n) is 7.16. The zero-order valence-corrected chi connectivity index (χ0v) is 12.5. The summed E-state index contributed by atoms with van der Waals surface area (Å²) in [7, 11) is 0. The summed E-state index contributed by atoms with van der Waals surface area (Å²) in [5.41, 5.74) is 2.44. The van der Waals surface area contributed by atoms with Crippen LogP contribution in [0.3, 0.4) is 0 Å². The van der Waals surface area contributed by atoms with E-state index in [-0.39, 0.29) is 16.8 Å². The predicted octanol–water partition coefficient (Wildman–Crippen LogP) is 3.91. The molecule has 0 amide bonds. The third-order valence-electron chi connectivity index (χ3n) is 4.14. The number of benzene rings is 1. The van der Waals surface area contributed by atoms with Gasteiger partial charge in [-0.05, 0) is 43.2 Å². The highest BCUT2D eigenvalue weighted by Gasteiger charge is 2.34. The largest absolute Gasteiger partial charge is 0.294 e. The molecule has 1 aromatic heterocycles. The normalized spacial score (nSPS) is 16.0. The van der Waals surface area contributed by atoms with Gasteiger partial charge in [-0.1, -0.05) is 13.8 Å². The highest BCUT2D eigenvalue weighted by Crippen LogP contribution is 2.35. The van der Waals surface area contributed by atoms with Gasteiger partial charge in [0.1, 0.15) is 5.82 Å². The van der Waals surface area contributed by atoms with Gasteiger partial charge in [-0.15, -0.1) is 0 Å². The monoisotopic (exact) mass is 294 g/mol. The minimum Gasteiger partial charge on any atom is -0.294 e. The number of aryl methyl sites for hydroxylation is 1. The van der Waals surface area contributed by atoms with E-state index in [9.17, 15) is 9.18 Å². The number of halogens is 1. The Bertz CT molecular complexity index is 818. The lowest BCUT2D eigenvalue weighted by Gasteiger charge is -2.29. The van der Waals surface area contributed by atoms with Crippen molar-refractivity contribution < 1.29 is 9.18 Å². The Balaban J connectivity index is 2.08. The quantitative estimate of drug-likeness (QED) is 0.801. The van der Waals surface area contributed by atoms with Gasteiger partial charge in [-0.25, -0.2) is 4.39 Å². The second kappa shape index (κ2) is 5.03. The molecule has 0 saturated carbocycles. The number of ketones is 1. The molecule has 4 heteroatoms. The van der Waals surface area contributed by atoms with Crippen molar-refractivity contribution in [2.75, 3.05) is 0 Å². The zero-order chi connectivity index (χ0) is 15.9. The molecule has 3 nitrogen and oxygen atoms in total. The van der Waals surface area contributed by atoms with Gasteiger partial charge in [-0.2, -0.15) is 5.26 Å². The Morgan fingerprint density at radius 3 is 2.77 bits per heavy atom. The SMILES string of the molecule is CC1(C)CCc2nc(-c3cc(F)cc(C#N)c3)ccc2C1=O. The molecular formula is C18H15FN2O. The molecule has 22 heavy (non-hydrogen) atoms. The van der Waals surface area contributed by atoms with Crippen LogP contribution in [0, 0.1) is 22.6 Å². The zero-order valence-electron chi connectivity index (χ0n) is 12.5. The summed E-state index contributed by atoms with van der Waals surface area (Å²) in [6.45, 7) is 3.88. The summed E-state index contributed by atoms with van der Waals surface area (Å²) in [5.74, 6) is -0.365. The molecule has 1 aliphatic carbocycles. The summed E-state index contributed by atoms with van der Waals surface area (Å²) in [4.78, 5) is 16.9. The second-order valence-corrected chi connectivity index (χ2v) is 6.24. The fourth-order valence-electron chi connectivity index (χ4n) is 2.77. The lowest BCUT2D eigenvalue weighted by molar-refractivity contribution is 0.0809. The van der Waals surface area contributed by atoms with Crippen molar-refractivity contribution in [1.29, 1.82) is 5.26 Å². The van der Waals surface area contributed by atoms with Crippen LogP contribution in [0.15, 0.2) is 30.3 Å². The molecule has 1 heterocycles. The van der Waals surface area contributed by atoms with Crippen LogP contribution < -0.4 is 0 Å². The van der Waals surface area contributed by atoms with Crippen molar-refractivity contribution in [3.05, 3.63) is 53.0 Å². The molecule has 0 saturated heterocycles. The van der Waals surface area contributed by atoms with Crippen LogP contribution in [0.1, 0.15) is 41.9 Å². The number of hydrogen-bond acceptors (Lipinski definition) is 3. The summed E-state index contributed by atoms with van der Waals surface area (Å²) >= 11 is 0. The van der Waals surface area contributed by atoms with E-state index >= 15 is 0 Å². The minimum atomic E-state index is -0.467. The molecule has 1 aliphatic rings. The number of Topliss-reactive ketones (excluding diaryl/α,β-unsaturated/α-hetero) is 1. The molecule has 0 atom stereocenters. The Kier molecular flexibility index (Phi) is 3.29. The average molecular weight is 294 g/mol. The van der Waals surface area contributed by atoms with Crippen LogP contribution in [0.2, 0.25) is 0 Å². The first-order valence-corrected chi connectivity index (χ1v) is 7.16. The lowest BCUT2D eigenvalue weighted by atomic mass is 9.75. The van der Waals surface area contributed by atoms with Gasteiger partial charge < -0.3 is 0 Å². The number of nitrogens with zero attached hydrogens (tertiary/aromatic N) is 2. The highest BCUT2D eigenvalue weighted by atomic mass is 19.1. The fraction of sp³-hybridized carbons (Fsp3) is 0.278. The third kappa shape index (κ3) is 2.39. The van der Waals surface area contributed by atoms with Crippen molar-refractivity contribution in [3.8, 4) is 17.3 Å². The van der Waals surface area contributed by atoms with E-state index in [0.717, 1.165) is 18.5 Å². The van der Waals surface area contributed by atoms with E-state index in [2.05, 4.69) is 4.98 Å². The number of rotatable bonds is 1. The summed E-state index contributed by atoms with van der Waals surface area (Å²) < 4.78 is 13.6. The molecule has 0 aliphatic heterocycles. The summed E-state index contributed by atoms with van der Waals surface area (Å²) in [6.07, 6.45) is 1.48. The van der Waals surface area contributed by atoms with E-state index < -0.39 is 5.82 Å². The Morgan fingerprint density at radius 2 is 2.05 bits per heavy atom. The summed E-state index contributed by atoms with van der Waals surface area (Å²) in [5, 5.41) is 8.94. The number of carbonyl (C=O) groups excluding carboxylic acids is 1. The number of carbonyl (C=O) groups is 1. The molecular weight excluding hydrogens is 279 g/mol. The molecule has 0 radical (unpaired) electrons. The highest BCUT2D eigenvalue weighted by molar-refractivity contribution is 6.02. The maximum absolute atomic E-state index is 13.6. The van der Waals surface area contributed by atoms with Gasteiger partial charge in [0.2, 0.25) is 0 Å². The number of pyridine rings is 1. The van der Waals surface area contributed by atoms with Crippen LogP contribution in [-0.2, 0) is 6.42 Å². The molecule has 2 aromatic rings. The van der Waals surface area contributed by atoms with E-state index in [0.29, 0.717) is 16.8 Å². The molecule has 0 unspecified atom stereocenters. The predicted molar refractivity (Wildman–Crippen MR) is 80.8 cm³/mol. The number of nitriles is 1. The maximum atomic E-state index is 13.6. The first-order chi connectivity index (χ1) is 10.4. The molecule has 0 spiro atoms. The van der Waals surface area contributed by atoms with Crippen LogP contribution in [-0.4, -0.2) is 10.8 Å². The van der Waals surface area contributed by atoms with Crippen LogP contribution in [0.25, 0.3) is 11.3 Å². The van der Waals surface area contributed by atoms with Gasteiger partial charge in [0.25, 0.3) is 0 Å². The van der Waals surface area contributed by atoms with Crippen molar-refractivity contribution >= 4 is 5.78 Å². The van der Waals surface area contributed by atoms with Crippen LogP contribution >= 0.6 is 0 Å². The molecule has 0 N–H and O–H groups in total. The van der Waals surface area contributed by atoms with Gasteiger partial charge in [0, 0.05) is 16.5 Å². The molecule has 1 aromatic carbocycles. The maximum Gasteiger partial charge on any atom is 0.170 e. The van der Waals surface area contributed by atoms with Crippen molar-refractivity contribution in [2.45, 2.75) is 26.7 Å². The van der Waals surface area contributed by atoms with Gasteiger partial charge >= 0.3 is 0 Å². The van der Waals surface area contributed by atoms with Crippen molar-refractivity contribution in [3.63, 3.8) is 0 Å². The van der Waals surface area contributed by atoms with Crippen molar-refractivity contribution in [2.24, 2.45) is 5.41 Å². The van der Waals surface area contributed by atoms with Crippen molar-refractivity contribution in [1.82, 2.24) is 4.98 Å². The van der Waals surface area contributed by atoms with Gasteiger partial charge in [0.05, 0.1) is 23.0 Å². The lowest BCUT2D eigenvalue weighted by Crippen LogP contribution is -2.31. The molecule has 0 fully saturated rings. The number of aromatic nitrogens is 1. The topological polar surface area (TPSA) is 53.8 Å². The Hall–Kier alpha value is -2.54. The molecule has 110 valence electrons. The minimum absolute atomic E-state index is 0.102. The number of hydrogen-bond donors (Lipinski definition) is 0. The van der Waals surface area contributed by atoms with Crippen LogP contribution in [0.4, 0.5) is 4.39 Å². The molecule has 0 bridgehead atoms. The van der Waals surface area contributed by atoms with Crippen LogP contribution in [0.5, 0.6) is 0 Å². The average Bonchev–Trinajstić information content (AvgIpc) is 2.50. The smallest absolute Gasteiger partial charge is 0.170 e. The van der Waals surface area contributed by atoms with E-state index in [1.165, 1.54) is 12.1 Å².